The molecule has 0 radical (unpaired) electrons. The second-order valence-corrected chi connectivity index (χ2v) is 10.6. The number of hydrogen-bond acceptors (Lipinski definition) is 4. The van der Waals surface area contributed by atoms with Crippen LogP contribution in [-0.4, -0.2) is 19.3 Å². The average Bonchev–Trinajstić information content (AvgIpc) is 3.45. The predicted molar refractivity (Wildman–Crippen MR) is 129 cm³/mol. The Morgan fingerprint density at radius 3 is 2.48 bits per heavy atom. The van der Waals surface area contributed by atoms with E-state index in [1.807, 2.05) is 30.3 Å². The first-order valence-electron chi connectivity index (χ1n) is 11.3. The molecular weight excluding hydrogens is 462 g/mol. The van der Waals surface area contributed by atoms with Crippen LogP contribution in [0.1, 0.15) is 73.2 Å². The summed E-state index contributed by atoms with van der Waals surface area (Å²) in [5.74, 6) is 0.144. The molecule has 33 heavy (non-hydrogen) atoms. The normalized spacial score (nSPS) is 17.3. The van der Waals surface area contributed by atoms with Crippen molar-refractivity contribution in [1.29, 1.82) is 0 Å². The molecule has 7 nitrogen and oxygen atoms in total. The van der Waals surface area contributed by atoms with Gasteiger partial charge in [-0.2, -0.15) is 8.42 Å². The number of H-pyrrole nitrogens is 1. The van der Waals surface area contributed by atoms with Gasteiger partial charge in [-0.25, -0.2) is 9.86 Å². The molecule has 4 N–H and O–H groups in total. The summed E-state index contributed by atoms with van der Waals surface area (Å²) >= 11 is 6.53. The lowest BCUT2D eigenvalue weighted by molar-refractivity contribution is -0.119. The summed E-state index contributed by atoms with van der Waals surface area (Å²) in [5.41, 5.74) is 4.15. The number of nitrogens with two attached hydrogens (primary N) is 1. The molecular formula is C24H28ClN3O4S. The minimum Gasteiger partial charge on any atom is -0.322 e. The summed E-state index contributed by atoms with van der Waals surface area (Å²) in [4.78, 5) is 27.5. The monoisotopic (exact) mass is 489 g/mol. The number of rotatable bonds is 8. The first kappa shape index (κ1) is 23.7. The van der Waals surface area contributed by atoms with E-state index in [4.69, 9.17) is 16.7 Å². The van der Waals surface area contributed by atoms with Gasteiger partial charge in [0.25, 0.3) is 15.8 Å². The molecule has 0 bridgehead atoms. The Hall–Kier alpha value is -2.42. The van der Waals surface area contributed by atoms with Crippen LogP contribution < -0.4 is 15.4 Å². The topological polar surface area (TPSA) is 122 Å². The highest BCUT2D eigenvalue weighted by molar-refractivity contribution is 7.87. The molecule has 2 saturated carbocycles. The van der Waals surface area contributed by atoms with E-state index < -0.39 is 16.1 Å². The van der Waals surface area contributed by atoms with Crippen LogP contribution >= 0.6 is 11.6 Å². The molecule has 4 rings (SSSR count). The van der Waals surface area contributed by atoms with Crippen LogP contribution in [-0.2, 0) is 21.4 Å². The van der Waals surface area contributed by atoms with Gasteiger partial charge in [0.2, 0.25) is 5.91 Å². The second-order valence-electron chi connectivity index (χ2n) is 8.93. The zero-order valence-corrected chi connectivity index (χ0v) is 19.8. The number of halogens is 1. The van der Waals surface area contributed by atoms with Crippen molar-refractivity contribution in [3.8, 4) is 0 Å². The number of aromatic amines is 1. The number of carbonyl (C=O) groups is 1. The van der Waals surface area contributed by atoms with Crippen LogP contribution in [0, 0.1) is 5.92 Å². The number of pyridine rings is 1. The predicted octanol–water partition coefficient (Wildman–Crippen LogP) is 3.78. The molecule has 2 aliphatic rings. The fourth-order valence-electron chi connectivity index (χ4n) is 4.43. The van der Waals surface area contributed by atoms with Crippen molar-refractivity contribution in [2.45, 2.75) is 57.3 Å². The molecule has 1 amide bonds. The Balaban J connectivity index is 1.59. The van der Waals surface area contributed by atoms with E-state index in [9.17, 15) is 18.0 Å². The molecule has 2 fully saturated rings. The van der Waals surface area contributed by atoms with Gasteiger partial charge in [-0.1, -0.05) is 48.7 Å². The second kappa shape index (κ2) is 9.83. The van der Waals surface area contributed by atoms with E-state index in [1.165, 1.54) is 12.8 Å². The van der Waals surface area contributed by atoms with Crippen molar-refractivity contribution in [2.75, 3.05) is 0 Å². The smallest absolute Gasteiger partial charge is 0.298 e. The largest absolute Gasteiger partial charge is 0.322 e. The Morgan fingerprint density at radius 2 is 1.88 bits per heavy atom. The summed E-state index contributed by atoms with van der Waals surface area (Å²) in [6.07, 6.45) is 9.24. The standard InChI is InChI=1S/C24H28ClN3O4S/c25-21-14-18(8-7-17(21)9-12-23(29)28-33(26,31)32)20(13-15-3-1-2-4-15)22-11-10-19(16-5-6-16)24(30)27-22/h7-8,10-11,13-16H,1-6,9,12H2,(H,27,30)(H,28,29)(H2,26,31,32)/b20-13+. The van der Waals surface area contributed by atoms with Gasteiger partial charge in [-0.3, -0.25) is 9.59 Å². The number of allylic oxidation sites excluding steroid dienone is 1. The Morgan fingerprint density at radius 1 is 1.15 bits per heavy atom. The van der Waals surface area contributed by atoms with Crippen LogP contribution in [0.4, 0.5) is 0 Å². The van der Waals surface area contributed by atoms with Gasteiger partial charge in [0.1, 0.15) is 0 Å². The molecule has 0 aliphatic heterocycles. The number of hydrogen-bond donors (Lipinski definition) is 3. The van der Waals surface area contributed by atoms with Gasteiger partial charge in [0.15, 0.2) is 0 Å². The van der Waals surface area contributed by atoms with Gasteiger partial charge in [0, 0.05) is 28.3 Å². The third-order valence-electron chi connectivity index (χ3n) is 6.29. The summed E-state index contributed by atoms with van der Waals surface area (Å²) in [6.45, 7) is 0. The van der Waals surface area contributed by atoms with E-state index in [0.29, 0.717) is 16.9 Å². The number of nitrogens with one attached hydrogen (secondary N) is 2. The zero-order chi connectivity index (χ0) is 23.6. The molecule has 2 aromatic rings. The highest BCUT2D eigenvalue weighted by Gasteiger charge is 2.26. The van der Waals surface area contributed by atoms with Crippen molar-refractivity contribution >= 4 is 33.3 Å². The van der Waals surface area contributed by atoms with Crippen LogP contribution in [0.5, 0.6) is 0 Å². The van der Waals surface area contributed by atoms with Gasteiger partial charge < -0.3 is 4.98 Å². The van der Waals surface area contributed by atoms with E-state index >= 15 is 0 Å². The zero-order valence-electron chi connectivity index (χ0n) is 18.3. The molecule has 0 unspecified atom stereocenters. The molecule has 0 atom stereocenters. The minimum atomic E-state index is -4.08. The van der Waals surface area contributed by atoms with Crippen LogP contribution in [0.3, 0.4) is 0 Å². The molecule has 1 heterocycles. The fraction of sp³-hybridized carbons (Fsp3) is 0.417. The number of amides is 1. The van der Waals surface area contributed by atoms with Gasteiger partial charge >= 0.3 is 0 Å². The lowest BCUT2D eigenvalue weighted by Gasteiger charge is -2.14. The van der Waals surface area contributed by atoms with E-state index in [-0.39, 0.29) is 18.4 Å². The number of aryl methyl sites for hydroxylation is 1. The third-order valence-corrected chi connectivity index (χ3v) is 7.16. The van der Waals surface area contributed by atoms with Gasteiger partial charge in [-0.15, -0.1) is 0 Å². The first-order chi connectivity index (χ1) is 15.7. The summed E-state index contributed by atoms with van der Waals surface area (Å²) < 4.78 is 23.7. The van der Waals surface area contributed by atoms with Gasteiger partial charge in [0.05, 0.1) is 0 Å². The minimum absolute atomic E-state index is 0.0316. The lowest BCUT2D eigenvalue weighted by atomic mass is 9.94. The Kier molecular flexibility index (Phi) is 7.07. The summed E-state index contributed by atoms with van der Waals surface area (Å²) in [6, 6.07) is 9.51. The van der Waals surface area contributed by atoms with Crippen LogP contribution in [0.2, 0.25) is 5.02 Å². The average molecular weight is 490 g/mol. The lowest BCUT2D eigenvalue weighted by Crippen LogP contribution is -2.36. The van der Waals surface area contributed by atoms with E-state index in [1.54, 1.807) is 4.72 Å². The van der Waals surface area contributed by atoms with Crippen molar-refractivity contribution in [2.24, 2.45) is 11.1 Å². The molecule has 0 spiro atoms. The fourth-order valence-corrected chi connectivity index (χ4v) is 5.13. The quantitative estimate of drug-likeness (QED) is 0.522. The van der Waals surface area contributed by atoms with Crippen molar-refractivity contribution in [3.05, 3.63) is 74.2 Å². The molecule has 176 valence electrons. The highest BCUT2D eigenvalue weighted by atomic mass is 35.5. The Labute approximate surface area is 198 Å². The van der Waals surface area contributed by atoms with E-state index in [0.717, 1.165) is 53.6 Å². The van der Waals surface area contributed by atoms with Crippen molar-refractivity contribution in [3.63, 3.8) is 0 Å². The van der Waals surface area contributed by atoms with Crippen LogP contribution in [0.25, 0.3) is 5.57 Å². The first-order valence-corrected chi connectivity index (χ1v) is 13.2. The molecule has 1 aromatic heterocycles. The number of carbonyl (C=O) groups excluding carboxylic acids is 1. The third kappa shape index (κ3) is 6.34. The van der Waals surface area contributed by atoms with Gasteiger partial charge in [-0.05, 0) is 67.2 Å². The summed E-state index contributed by atoms with van der Waals surface area (Å²) in [7, 11) is -4.08. The van der Waals surface area contributed by atoms with Crippen molar-refractivity contribution < 1.29 is 13.2 Å². The van der Waals surface area contributed by atoms with Crippen LogP contribution in [0.15, 0.2) is 41.2 Å². The maximum absolute atomic E-state index is 12.7. The SMILES string of the molecule is NS(=O)(=O)NC(=O)CCc1ccc(/C(=C\C2CCCC2)c2ccc(C3CC3)c(=O)[nH]2)cc1Cl. The summed E-state index contributed by atoms with van der Waals surface area (Å²) in [5, 5.41) is 5.31. The number of aromatic nitrogens is 1. The maximum Gasteiger partial charge on any atom is 0.298 e. The van der Waals surface area contributed by atoms with E-state index in [2.05, 4.69) is 11.1 Å². The number of benzene rings is 1. The maximum atomic E-state index is 12.7. The molecule has 0 saturated heterocycles. The van der Waals surface area contributed by atoms with Crippen molar-refractivity contribution in [1.82, 2.24) is 9.71 Å². The molecule has 9 heteroatoms. The molecule has 1 aromatic carbocycles. The highest BCUT2D eigenvalue weighted by Crippen LogP contribution is 2.39. The molecule has 2 aliphatic carbocycles. The Bertz CT molecular complexity index is 1240.